The minimum atomic E-state index is -0.0526. The van der Waals surface area contributed by atoms with Crippen LogP contribution in [0.5, 0.6) is 0 Å². The number of nitrogens with zero attached hydrogens (tertiary/aromatic N) is 1. The molecular formula is C18H35N3O2. The molecule has 0 aliphatic carbocycles. The molecule has 2 rings (SSSR count). The molecule has 0 aromatic carbocycles. The molecule has 3 unspecified atom stereocenters. The van der Waals surface area contributed by atoms with E-state index in [9.17, 15) is 4.79 Å². The van der Waals surface area contributed by atoms with Crippen LogP contribution in [0.2, 0.25) is 0 Å². The third-order valence-electron chi connectivity index (χ3n) is 5.56. The largest absolute Gasteiger partial charge is 0.376 e. The molecule has 134 valence electrons. The van der Waals surface area contributed by atoms with Crippen LogP contribution in [0.25, 0.3) is 0 Å². The average Bonchev–Trinajstić information content (AvgIpc) is 3.24. The van der Waals surface area contributed by atoms with Crippen LogP contribution in [-0.2, 0) is 4.74 Å². The Morgan fingerprint density at radius 3 is 2.48 bits per heavy atom. The van der Waals surface area contributed by atoms with E-state index in [1.807, 2.05) is 6.92 Å². The molecular weight excluding hydrogens is 290 g/mol. The van der Waals surface area contributed by atoms with Gasteiger partial charge in [-0.2, -0.15) is 0 Å². The van der Waals surface area contributed by atoms with Gasteiger partial charge in [0, 0.05) is 19.2 Å². The molecule has 0 bridgehead atoms. The van der Waals surface area contributed by atoms with Crippen LogP contribution >= 0.6 is 0 Å². The van der Waals surface area contributed by atoms with Crippen LogP contribution in [0.4, 0.5) is 4.79 Å². The Labute approximate surface area is 141 Å². The zero-order chi connectivity index (χ0) is 16.7. The summed E-state index contributed by atoms with van der Waals surface area (Å²) in [6, 6.07) is 0.496. The van der Waals surface area contributed by atoms with Crippen molar-refractivity contribution >= 4 is 6.03 Å². The van der Waals surface area contributed by atoms with Crippen molar-refractivity contribution in [2.24, 2.45) is 5.92 Å². The number of carbonyl (C=O) groups is 1. The van der Waals surface area contributed by atoms with Gasteiger partial charge in [-0.25, -0.2) is 4.79 Å². The molecule has 5 heteroatoms. The third-order valence-corrected chi connectivity index (χ3v) is 5.56. The van der Waals surface area contributed by atoms with Crippen molar-refractivity contribution in [3.05, 3.63) is 0 Å². The Morgan fingerprint density at radius 2 is 1.91 bits per heavy atom. The molecule has 0 radical (unpaired) electrons. The average molecular weight is 325 g/mol. The summed E-state index contributed by atoms with van der Waals surface area (Å²) in [5, 5.41) is 6.17. The van der Waals surface area contributed by atoms with Gasteiger partial charge >= 0.3 is 6.03 Å². The van der Waals surface area contributed by atoms with Gasteiger partial charge in [-0.3, -0.25) is 4.90 Å². The highest BCUT2D eigenvalue weighted by Gasteiger charge is 2.28. The summed E-state index contributed by atoms with van der Waals surface area (Å²) in [5.74, 6) is 0.656. The van der Waals surface area contributed by atoms with E-state index >= 15 is 0 Å². The summed E-state index contributed by atoms with van der Waals surface area (Å²) in [6.07, 6.45) is 7.25. The molecule has 5 nitrogen and oxygen atoms in total. The minimum absolute atomic E-state index is 0.0526. The summed E-state index contributed by atoms with van der Waals surface area (Å²) < 4.78 is 5.64. The molecule has 0 spiro atoms. The molecule has 23 heavy (non-hydrogen) atoms. The van der Waals surface area contributed by atoms with Crippen molar-refractivity contribution in [2.75, 3.05) is 26.2 Å². The van der Waals surface area contributed by atoms with E-state index in [2.05, 4.69) is 29.4 Å². The quantitative estimate of drug-likeness (QED) is 0.721. The number of rotatable bonds is 8. The molecule has 2 amide bonds. The van der Waals surface area contributed by atoms with Crippen LogP contribution in [0, 0.1) is 5.92 Å². The van der Waals surface area contributed by atoms with E-state index in [0.29, 0.717) is 12.0 Å². The molecule has 2 fully saturated rings. The van der Waals surface area contributed by atoms with E-state index in [0.717, 1.165) is 26.0 Å². The molecule has 2 aliphatic rings. The van der Waals surface area contributed by atoms with Gasteiger partial charge in [0.1, 0.15) is 0 Å². The van der Waals surface area contributed by atoms with Crippen LogP contribution in [0.1, 0.15) is 59.3 Å². The lowest BCUT2D eigenvalue weighted by atomic mass is 9.93. The lowest BCUT2D eigenvalue weighted by molar-refractivity contribution is 0.0856. The number of hydrogen-bond acceptors (Lipinski definition) is 3. The van der Waals surface area contributed by atoms with E-state index in [1.165, 1.54) is 38.8 Å². The van der Waals surface area contributed by atoms with E-state index in [1.54, 1.807) is 0 Å². The Bertz CT molecular complexity index is 346. The number of nitrogens with one attached hydrogen (secondary N) is 2. The fourth-order valence-electron chi connectivity index (χ4n) is 4.04. The first kappa shape index (κ1) is 18.5. The number of hydrogen-bond donors (Lipinski definition) is 2. The first-order valence-corrected chi connectivity index (χ1v) is 9.55. The maximum absolute atomic E-state index is 12.2. The monoisotopic (exact) mass is 325 g/mol. The lowest BCUT2D eigenvalue weighted by Gasteiger charge is -2.34. The van der Waals surface area contributed by atoms with Crippen molar-refractivity contribution < 1.29 is 9.53 Å². The second kappa shape index (κ2) is 9.48. The molecule has 3 atom stereocenters. The highest BCUT2D eigenvalue weighted by atomic mass is 16.5. The molecule has 2 saturated heterocycles. The second-order valence-electron chi connectivity index (χ2n) is 7.08. The van der Waals surface area contributed by atoms with Gasteiger partial charge in [0.25, 0.3) is 0 Å². The van der Waals surface area contributed by atoms with Crippen molar-refractivity contribution in [1.29, 1.82) is 0 Å². The van der Waals surface area contributed by atoms with Crippen LogP contribution in [-0.4, -0.2) is 55.4 Å². The maximum atomic E-state index is 12.2. The van der Waals surface area contributed by atoms with Gasteiger partial charge in [0.2, 0.25) is 0 Å². The van der Waals surface area contributed by atoms with Gasteiger partial charge in [-0.15, -0.1) is 0 Å². The molecule has 2 heterocycles. The summed E-state index contributed by atoms with van der Waals surface area (Å²) >= 11 is 0. The van der Waals surface area contributed by atoms with Gasteiger partial charge in [0.15, 0.2) is 0 Å². The molecule has 0 aromatic heterocycles. The van der Waals surface area contributed by atoms with Gasteiger partial charge in [0.05, 0.1) is 12.1 Å². The molecule has 0 saturated carbocycles. The summed E-state index contributed by atoms with van der Waals surface area (Å²) in [7, 11) is 0. The fourth-order valence-corrected chi connectivity index (χ4v) is 4.04. The first-order valence-electron chi connectivity index (χ1n) is 9.55. The number of urea groups is 1. The minimum Gasteiger partial charge on any atom is -0.376 e. The Balaban J connectivity index is 1.80. The molecule has 0 aromatic rings. The fraction of sp³-hybridized carbons (Fsp3) is 0.944. The summed E-state index contributed by atoms with van der Waals surface area (Å²) in [6.45, 7) is 10.5. The predicted molar refractivity (Wildman–Crippen MR) is 93.6 cm³/mol. The third kappa shape index (κ3) is 5.35. The number of ether oxygens (including phenoxy) is 1. The van der Waals surface area contributed by atoms with Gasteiger partial charge in [-0.05, 0) is 51.6 Å². The smallest absolute Gasteiger partial charge is 0.315 e. The van der Waals surface area contributed by atoms with Crippen molar-refractivity contribution in [3.8, 4) is 0 Å². The molecule has 2 aliphatic heterocycles. The highest BCUT2D eigenvalue weighted by molar-refractivity contribution is 5.74. The van der Waals surface area contributed by atoms with E-state index < -0.39 is 0 Å². The van der Waals surface area contributed by atoms with Gasteiger partial charge in [-0.1, -0.05) is 26.7 Å². The Morgan fingerprint density at radius 1 is 1.22 bits per heavy atom. The standard InChI is InChI=1S/C18H35N3O2/c1-4-15(5-2)16(21-10-6-7-11-21)13-19-18(22)20-14(3)17-9-8-12-23-17/h14-17H,4-13H2,1-3H3,(H2,19,20,22). The van der Waals surface area contributed by atoms with Crippen LogP contribution in [0.3, 0.4) is 0 Å². The zero-order valence-electron chi connectivity index (χ0n) is 15.1. The molecule has 2 N–H and O–H groups in total. The summed E-state index contributed by atoms with van der Waals surface area (Å²) in [4.78, 5) is 14.8. The number of carbonyl (C=O) groups excluding carboxylic acids is 1. The predicted octanol–water partition coefficient (Wildman–Crippen LogP) is 2.75. The van der Waals surface area contributed by atoms with Crippen molar-refractivity contribution in [1.82, 2.24) is 15.5 Å². The van der Waals surface area contributed by atoms with Gasteiger partial charge < -0.3 is 15.4 Å². The van der Waals surface area contributed by atoms with Crippen molar-refractivity contribution in [3.63, 3.8) is 0 Å². The van der Waals surface area contributed by atoms with E-state index in [-0.39, 0.29) is 18.2 Å². The number of likely N-dealkylation sites (tertiary alicyclic amines) is 1. The van der Waals surface area contributed by atoms with Crippen molar-refractivity contribution in [2.45, 2.75) is 77.5 Å². The van der Waals surface area contributed by atoms with Crippen LogP contribution in [0.15, 0.2) is 0 Å². The SMILES string of the molecule is CCC(CC)C(CNC(=O)NC(C)C1CCCO1)N1CCCC1. The topological polar surface area (TPSA) is 53.6 Å². The highest BCUT2D eigenvalue weighted by Crippen LogP contribution is 2.22. The normalized spacial score (nSPS) is 24.8. The van der Waals surface area contributed by atoms with Crippen LogP contribution < -0.4 is 10.6 Å². The maximum Gasteiger partial charge on any atom is 0.315 e. The second-order valence-corrected chi connectivity index (χ2v) is 7.08. The zero-order valence-corrected chi connectivity index (χ0v) is 15.1. The number of amides is 2. The Kier molecular flexibility index (Phi) is 7.63. The first-order chi connectivity index (χ1) is 11.2. The Hall–Kier alpha value is -0.810. The lowest BCUT2D eigenvalue weighted by Crippen LogP contribution is -2.51. The summed E-state index contributed by atoms with van der Waals surface area (Å²) in [5.41, 5.74) is 0. The van der Waals surface area contributed by atoms with E-state index in [4.69, 9.17) is 4.74 Å².